The predicted molar refractivity (Wildman–Crippen MR) is 314 cm³/mol. The van der Waals surface area contributed by atoms with Crippen LogP contribution in [0.4, 0.5) is 0 Å². The fraction of sp³-hybridized carbons (Fsp3) is 0.921. The van der Waals surface area contributed by atoms with Crippen molar-refractivity contribution in [3.8, 4) is 0 Å². The van der Waals surface area contributed by atoms with Crippen molar-refractivity contribution >= 4 is 13.7 Å². The summed E-state index contributed by atoms with van der Waals surface area (Å²) in [6.07, 6.45) is 70.2. The minimum absolute atomic E-state index is 0.0589. The van der Waals surface area contributed by atoms with Crippen molar-refractivity contribution in [1.82, 2.24) is 5.32 Å². The average Bonchev–Trinajstić information content (AvgIpc) is 3.34. The quantitative estimate of drug-likeness (QED) is 0.0243. The molecule has 72 heavy (non-hydrogen) atoms. The molecule has 0 rings (SSSR count). The Morgan fingerprint density at radius 2 is 0.764 bits per heavy atom. The highest BCUT2D eigenvalue weighted by Gasteiger charge is 2.27. The van der Waals surface area contributed by atoms with Crippen molar-refractivity contribution in [3.63, 3.8) is 0 Å². The molecule has 428 valence electrons. The van der Waals surface area contributed by atoms with Crippen molar-refractivity contribution in [2.24, 2.45) is 0 Å². The highest BCUT2D eigenvalue weighted by atomic mass is 31.2. The number of carbonyl (C=O) groups excluding carboxylic acids is 1. The summed E-state index contributed by atoms with van der Waals surface area (Å²) in [6, 6.07) is -0.861. The van der Waals surface area contributed by atoms with Crippen LogP contribution in [0.25, 0.3) is 0 Å². The number of hydrogen-bond donors (Lipinski definition) is 3. The normalized spacial score (nSPS) is 13.9. The molecule has 3 atom stereocenters. The van der Waals surface area contributed by atoms with Crippen LogP contribution in [0, 0.1) is 0 Å². The summed E-state index contributed by atoms with van der Waals surface area (Å²) in [7, 11) is 1.57. The van der Waals surface area contributed by atoms with E-state index in [1.807, 2.05) is 27.2 Å². The topological polar surface area (TPSA) is 105 Å². The number of aliphatic hydroxyl groups is 1. The van der Waals surface area contributed by atoms with Gasteiger partial charge in [-0.2, -0.15) is 0 Å². The van der Waals surface area contributed by atoms with E-state index in [1.54, 1.807) is 6.08 Å². The number of quaternary nitrogens is 1. The molecule has 9 heteroatoms. The van der Waals surface area contributed by atoms with Gasteiger partial charge in [-0.15, -0.1) is 0 Å². The number of unbranched alkanes of at least 4 members (excludes halogenated alkanes) is 44. The van der Waals surface area contributed by atoms with E-state index in [1.165, 1.54) is 263 Å². The van der Waals surface area contributed by atoms with Crippen molar-refractivity contribution in [1.29, 1.82) is 0 Å². The van der Waals surface area contributed by atoms with Crippen LogP contribution < -0.4 is 5.32 Å². The summed E-state index contributed by atoms with van der Waals surface area (Å²) >= 11 is 0. The molecule has 3 unspecified atom stereocenters. The predicted octanol–water partition coefficient (Wildman–Crippen LogP) is 19.5. The lowest BCUT2D eigenvalue weighted by Crippen LogP contribution is -2.45. The zero-order valence-corrected chi connectivity index (χ0v) is 49.8. The molecule has 0 saturated carbocycles. The number of nitrogens with zero attached hydrogens (tertiary/aromatic N) is 1. The highest BCUT2D eigenvalue weighted by molar-refractivity contribution is 7.47. The zero-order chi connectivity index (χ0) is 52.7. The summed E-state index contributed by atoms with van der Waals surface area (Å²) < 4.78 is 23.7. The number of amides is 1. The van der Waals surface area contributed by atoms with E-state index in [0.717, 1.165) is 38.5 Å². The van der Waals surface area contributed by atoms with Crippen LogP contribution in [-0.4, -0.2) is 73.4 Å². The molecule has 0 aliphatic heterocycles. The van der Waals surface area contributed by atoms with Gasteiger partial charge in [-0.05, 0) is 32.1 Å². The Labute approximate surface area is 449 Å². The van der Waals surface area contributed by atoms with Crippen LogP contribution in [-0.2, 0) is 18.4 Å². The van der Waals surface area contributed by atoms with E-state index in [-0.39, 0.29) is 19.1 Å². The second-order valence-corrected chi connectivity index (χ2v) is 24.6. The minimum Gasteiger partial charge on any atom is -0.387 e. The van der Waals surface area contributed by atoms with Gasteiger partial charge in [0.25, 0.3) is 0 Å². The van der Waals surface area contributed by atoms with E-state index in [4.69, 9.17) is 9.05 Å². The smallest absolute Gasteiger partial charge is 0.387 e. The van der Waals surface area contributed by atoms with Gasteiger partial charge in [0, 0.05) is 6.42 Å². The Kier molecular flexibility index (Phi) is 54.0. The first-order valence-corrected chi connectivity index (χ1v) is 33.2. The van der Waals surface area contributed by atoms with E-state index in [2.05, 4.69) is 31.3 Å². The first kappa shape index (κ1) is 71.0. The van der Waals surface area contributed by atoms with E-state index < -0.39 is 20.0 Å². The molecule has 0 aliphatic carbocycles. The molecular formula is C63H126N2O6P+. The molecule has 0 aliphatic rings. The summed E-state index contributed by atoms with van der Waals surface area (Å²) in [5.41, 5.74) is 0. The Bertz CT molecular complexity index is 1220. The molecule has 0 bridgehead atoms. The van der Waals surface area contributed by atoms with Gasteiger partial charge in [-0.25, -0.2) is 4.57 Å². The average molecular weight is 1040 g/mol. The number of phosphoric ester groups is 1. The third-order valence-corrected chi connectivity index (χ3v) is 15.7. The number of rotatable bonds is 59. The van der Waals surface area contributed by atoms with E-state index in [9.17, 15) is 19.4 Å². The van der Waals surface area contributed by atoms with Gasteiger partial charge in [-0.1, -0.05) is 308 Å². The highest BCUT2D eigenvalue weighted by Crippen LogP contribution is 2.43. The molecule has 1 amide bonds. The SMILES string of the molecule is CCCCCCCCCCCCCCCCCC/C=C/CC/C=C/C(O)C(COP(=O)(O)OCC[N+](C)(C)C)NC(=O)CCCCCCCCCCCCCCCCCCCCCCCCCCCCCC. The van der Waals surface area contributed by atoms with Crippen LogP contribution in [0.3, 0.4) is 0 Å². The minimum atomic E-state index is -4.35. The second-order valence-electron chi connectivity index (χ2n) is 23.1. The lowest BCUT2D eigenvalue weighted by atomic mass is 10.0. The van der Waals surface area contributed by atoms with Crippen molar-refractivity contribution in [2.45, 2.75) is 334 Å². The Balaban J connectivity index is 4.13. The Morgan fingerprint density at radius 3 is 1.11 bits per heavy atom. The summed E-state index contributed by atoms with van der Waals surface area (Å²) in [5, 5.41) is 14.0. The van der Waals surface area contributed by atoms with Gasteiger partial charge < -0.3 is 19.8 Å². The molecule has 0 spiro atoms. The third kappa shape index (κ3) is 56.7. The summed E-state index contributed by atoms with van der Waals surface area (Å²) in [5.74, 6) is -0.179. The van der Waals surface area contributed by atoms with Crippen LogP contribution in [0.1, 0.15) is 322 Å². The van der Waals surface area contributed by atoms with Gasteiger partial charge in [0.05, 0.1) is 39.9 Å². The Hall–Kier alpha value is -1.02. The van der Waals surface area contributed by atoms with Crippen molar-refractivity contribution in [3.05, 3.63) is 24.3 Å². The number of allylic oxidation sites excluding steroid dienone is 3. The lowest BCUT2D eigenvalue weighted by molar-refractivity contribution is -0.870. The molecule has 0 saturated heterocycles. The van der Waals surface area contributed by atoms with Crippen LogP contribution >= 0.6 is 7.82 Å². The molecule has 8 nitrogen and oxygen atoms in total. The van der Waals surface area contributed by atoms with Crippen molar-refractivity contribution in [2.75, 3.05) is 40.9 Å². The number of likely N-dealkylation sites (N-methyl/N-ethyl adjacent to an activating group) is 1. The monoisotopic (exact) mass is 1040 g/mol. The van der Waals surface area contributed by atoms with Gasteiger partial charge in [0.15, 0.2) is 0 Å². The first-order chi connectivity index (χ1) is 35.0. The zero-order valence-electron chi connectivity index (χ0n) is 48.9. The van der Waals surface area contributed by atoms with Crippen LogP contribution in [0.2, 0.25) is 0 Å². The molecule has 0 radical (unpaired) electrons. The Morgan fingerprint density at radius 1 is 0.458 bits per heavy atom. The van der Waals surface area contributed by atoms with Crippen LogP contribution in [0.5, 0.6) is 0 Å². The number of hydrogen-bond acceptors (Lipinski definition) is 5. The van der Waals surface area contributed by atoms with Gasteiger partial charge in [0.2, 0.25) is 5.91 Å². The van der Waals surface area contributed by atoms with Gasteiger partial charge >= 0.3 is 7.82 Å². The van der Waals surface area contributed by atoms with E-state index >= 15 is 0 Å². The molecule has 3 N–H and O–H groups in total. The molecular weight excluding hydrogens is 912 g/mol. The van der Waals surface area contributed by atoms with Crippen LogP contribution in [0.15, 0.2) is 24.3 Å². The maximum atomic E-state index is 13.0. The van der Waals surface area contributed by atoms with Crippen molar-refractivity contribution < 1.29 is 32.9 Å². The molecule has 0 aromatic rings. The number of aliphatic hydroxyl groups excluding tert-OH is 1. The number of nitrogens with one attached hydrogen (secondary N) is 1. The molecule has 0 aromatic carbocycles. The molecule has 0 aromatic heterocycles. The number of carbonyl (C=O) groups is 1. The fourth-order valence-corrected chi connectivity index (χ4v) is 10.4. The standard InChI is InChI=1S/C63H125N2O6P/c1-6-8-10-12-14-16-18-20-22-24-26-28-30-31-32-33-34-35-37-39-41-43-45-47-49-51-53-55-57-63(67)64-61(60-71-72(68,69)70-59-58-65(3,4)5)62(66)56-54-52-50-48-46-44-42-40-38-36-29-27-25-23-21-19-17-15-13-11-9-7-2/h46,48,54,56,61-62,66H,6-45,47,49-53,55,57-60H2,1-5H3,(H-,64,67,68,69)/p+1/b48-46+,56-54+. The third-order valence-electron chi connectivity index (χ3n) is 14.7. The fourth-order valence-electron chi connectivity index (χ4n) is 9.71. The molecule has 0 fully saturated rings. The summed E-state index contributed by atoms with van der Waals surface area (Å²) in [6.45, 7) is 4.85. The summed E-state index contributed by atoms with van der Waals surface area (Å²) in [4.78, 5) is 23.3. The molecule has 0 heterocycles. The number of phosphoric acid groups is 1. The lowest BCUT2D eigenvalue weighted by Gasteiger charge is -2.25. The van der Waals surface area contributed by atoms with Gasteiger partial charge in [-0.3, -0.25) is 13.8 Å². The van der Waals surface area contributed by atoms with Gasteiger partial charge in [0.1, 0.15) is 13.2 Å². The largest absolute Gasteiger partial charge is 0.472 e. The first-order valence-electron chi connectivity index (χ1n) is 31.7. The second kappa shape index (κ2) is 54.8. The van der Waals surface area contributed by atoms with E-state index in [0.29, 0.717) is 17.4 Å². The maximum Gasteiger partial charge on any atom is 0.472 e. The maximum absolute atomic E-state index is 13.0.